The van der Waals surface area contributed by atoms with Crippen molar-refractivity contribution in [2.75, 3.05) is 31.6 Å². The van der Waals surface area contributed by atoms with Crippen LogP contribution in [-0.2, 0) is 9.53 Å². The Morgan fingerprint density at radius 3 is 2.74 bits per heavy atom. The molecule has 0 aromatic heterocycles. The zero-order chi connectivity index (χ0) is 13.8. The highest BCUT2D eigenvalue weighted by molar-refractivity contribution is 5.94. The molecule has 4 nitrogen and oxygen atoms in total. The Kier molecular flexibility index (Phi) is 4.44. The van der Waals surface area contributed by atoms with Crippen molar-refractivity contribution in [1.29, 1.82) is 0 Å². The fourth-order valence-corrected chi connectivity index (χ4v) is 1.96. The SMILES string of the molecule is C[C@@H](C(=O)Nc1cc(F)ccc1F)N1CCOCC1. The number of amides is 1. The molecule has 0 saturated carbocycles. The quantitative estimate of drug-likeness (QED) is 0.907. The predicted molar refractivity (Wildman–Crippen MR) is 66.8 cm³/mol. The number of nitrogens with zero attached hydrogens (tertiary/aromatic N) is 1. The molecule has 1 aromatic rings. The number of carbonyl (C=O) groups is 1. The van der Waals surface area contributed by atoms with Gasteiger partial charge in [-0.2, -0.15) is 0 Å². The largest absolute Gasteiger partial charge is 0.379 e. The van der Waals surface area contributed by atoms with Gasteiger partial charge in [0.15, 0.2) is 0 Å². The maximum Gasteiger partial charge on any atom is 0.241 e. The highest BCUT2D eigenvalue weighted by Gasteiger charge is 2.23. The van der Waals surface area contributed by atoms with Crippen LogP contribution in [0.2, 0.25) is 0 Å². The number of ether oxygens (including phenoxy) is 1. The minimum Gasteiger partial charge on any atom is -0.379 e. The molecule has 0 bridgehead atoms. The molecule has 6 heteroatoms. The summed E-state index contributed by atoms with van der Waals surface area (Å²) in [6.45, 7) is 4.19. The van der Waals surface area contributed by atoms with Gasteiger partial charge in [0.2, 0.25) is 5.91 Å². The van der Waals surface area contributed by atoms with Gasteiger partial charge in [0.05, 0.1) is 24.9 Å². The minimum absolute atomic E-state index is 0.134. The van der Waals surface area contributed by atoms with Crippen molar-refractivity contribution in [2.45, 2.75) is 13.0 Å². The number of halogens is 2. The summed E-state index contributed by atoms with van der Waals surface area (Å²) in [5.74, 6) is -1.59. The molecule has 1 N–H and O–H groups in total. The maximum absolute atomic E-state index is 13.4. The monoisotopic (exact) mass is 270 g/mol. The van der Waals surface area contributed by atoms with Crippen LogP contribution in [0, 0.1) is 11.6 Å². The zero-order valence-electron chi connectivity index (χ0n) is 10.7. The van der Waals surface area contributed by atoms with E-state index in [1.54, 1.807) is 6.92 Å². The molecule has 0 unspecified atom stereocenters. The van der Waals surface area contributed by atoms with E-state index in [0.29, 0.717) is 26.3 Å². The van der Waals surface area contributed by atoms with Crippen LogP contribution in [0.3, 0.4) is 0 Å². The van der Waals surface area contributed by atoms with Crippen molar-refractivity contribution >= 4 is 11.6 Å². The van der Waals surface area contributed by atoms with Gasteiger partial charge in [-0.05, 0) is 19.1 Å². The molecule has 104 valence electrons. The standard InChI is InChI=1S/C13H16F2N2O2/c1-9(17-4-6-19-7-5-17)13(18)16-12-8-10(14)2-3-11(12)15/h2-3,8-9H,4-7H2,1H3,(H,16,18)/t9-/m0/s1. The summed E-state index contributed by atoms with van der Waals surface area (Å²) >= 11 is 0. The summed E-state index contributed by atoms with van der Waals surface area (Å²) in [7, 11) is 0. The van der Waals surface area contributed by atoms with Crippen molar-refractivity contribution in [2.24, 2.45) is 0 Å². The molecule has 1 fully saturated rings. The second kappa shape index (κ2) is 6.08. The van der Waals surface area contributed by atoms with Gasteiger partial charge in [-0.25, -0.2) is 8.78 Å². The van der Waals surface area contributed by atoms with E-state index in [-0.39, 0.29) is 11.6 Å². The highest BCUT2D eigenvalue weighted by Crippen LogP contribution is 2.16. The van der Waals surface area contributed by atoms with Crippen molar-refractivity contribution in [3.05, 3.63) is 29.8 Å². The van der Waals surface area contributed by atoms with Gasteiger partial charge in [-0.3, -0.25) is 9.69 Å². The molecule has 1 heterocycles. The Hall–Kier alpha value is -1.53. The summed E-state index contributed by atoms with van der Waals surface area (Å²) in [6.07, 6.45) is 0. The average Bonchev–Trinajstić information content (AvgIpc) is 2.43. The van der Waals surface area contributed by atoms with Crippen molar-refractivity contribution in [3.8, 4) is 0 Å². The molecule has 0 aliphatic carbocycles. The number of benzene rings is 1. The summed E-state index contributed by atoms with van der Waals surface area (Å²) in [5.41, 5.74) is -0.134. The molecular weight excluding hydrogens is 254 g/mol. The van der Waals surface area contributed by atoms with Gasteiger partial charge in [0, 0.05) is 19.2 Å². The lowest BCUT2D eigenvalue weighted by molar-refractivity contribution is -0.122. The Morgan fingerprint density at radius 2 is 2.05 bits per heavy atom. The van der Waals surface area contributed by atoms with Crippen LogP contribution in [0.25, 0.3) is 0 Å². The van der Waals surface area contributed by atoms with Crippen molar-refractivity contribution < 1.29 is 18.3 Å². The van der Waals surface area contributed by atoms with E-state index in [9.17, 15) is 13.6 Å². The van der Waals surface area contributed by atoms with Crippen molar-refractivity contribution in [1.82, 2.24) is 4.90 Å². The van der Waals surface area contributed by atoms with E-state index in [1.165, 1.54) is 0 Å². The first-order valence-electron chi connectivity index (χ1n) is 6.15. The Balaban J connectivity index is 2.01. The number of hydrogen-bond acceptors (Lipinski definition) is 3. The van der Waals surface area contributed by atoms with Crippen LogP contribution in [0.5, 0.6) is 0 Å². The third kappa shape index (κ3) is 3.48. The second-order valence-corrected chi connectivity index (χ2v) is 4.44. The molecule has 19 heavy (non-hydrogen) atoms. The Labute approximate surface area is 110 Å². The van der Waals surface area contributed by atoms with E-state index < -0.39 is 17.7 Å². The Bertz CT molecular complexity index is 462. The normalized spacial score (nSPS) is 18.1. The topological polar surface area (TPSA) is 41.6 Å². The molecule has 1 aliphatic heterocycles. The molecule has 1 amide bonds. The molecule has 1 saturated heterocycles. The van der Waals surface area contributed by atoms with Crippen LogP contribution in [0.15, 0.2) is 18.2 Å². The number of morpholine rings is 1. The zero-order valence-corrected chi connectivity index (χ0v) is 10.7. The first-order chi connectivity index (χ1) is 9.08. The fraction of sp³-hybridized carbons (Fsp3) is 0.462. The molecule has 2 rings (SSSR count). The molecule has 0 spiro atoms. The second-order valence-electron chi connectivity index (χ2n) is 4.44. The lowest BCUT2D eigenvalue weighted by Crippen LogP contribution is -2.47. The van der Waals surface area contributed by atoms with Gasteiger partial charge in [-0.15, -0.1) is 0 Å². The number of nitrogens with one attached hydrogen (secondary N) is 1. The summed E-state index contributed by atoms with van der Waals surface area (Å²) in [6, 6.07) is 2.56. The lowest BCUT2D eigenvalue weighted by Gasteiger charge is -2.31. The number of rotatable bonds is 3. The van der Waals surface area contributed by atoms with E-state index in [4.69, 9.17) is 4.74 Å². The predicted octanol–water partition coefficient (Wildman–Crippen LogP) is 1.62. The van der Waals surface area contributed by atoms with Crippen LogP contribution >= 0.6 is 0 Å². The molecule has 1 aromatic carbocycles. The number of carbonyl (C=O) groups excluding carboxylic acids is 1. The summed E-state index contributed by atoms with van der Waals surface area (Å²) in [5, 5.41) is 2.41. The van der Waals surface area contributed by atoms with Gasteiger partial charge < -0.3 is 10.1 Å². The van der Waals surface area contributed by atoms with Crippen LogP contribution < -0.4 is 5.32 Å². The first-order valence-corrected chi connectivity index (χ1v) is 6.15. The Morgan fingerprint density at radius 1 is 1.37 bits per heavy atom. The van der Waals surface area contributed by atoms with Crippen LogP contribution in [0.1, 0.15) is 6.92 Å². The van der Waals surface area contributed by atoms with Crippen LogP contribution in [0.4, 0.5) is 14.5 Å². The lowest BCUT2D eigenvalue weighted by atomic mass is 10.2. The van der Waals surface area contributed by atoms with E-state index in [2.05, 4.69) is 5.32 Å². The van der Waals surface area contributed by atoms with E-state index >= 15 is 0 Å². The van der Waals surface area contributed by atoms with Gasteiger partial charge in [-0.1, -0.05) is 0 Å². The maximum atomic E-state index is 13.4. The van der Waals surface area contributed by atoms with Crippen molar-refractivity contribution in [3.63, 3.8) is 0 Å². The van der Waals surface area contributed by atoms with E-state index in [1.807, 2.05) is 4.90 Å². The molecule has 1 aliphatic rings. The van der Waals surface area contributed by atoms with Crippen LogP contribution in [-0.4, -0.2) is 43.2 Å². The third-order valence-electron chi connectivity index (χ3n) is 3.16. The molecular formula is C13H16F2N2O2. The smallest absolute Gasteiger partial charge is 0.241 e. The summed E-state index contributed by atoms with van der Waals surface area (Å²) in [4.78, 5) is 13.9. The van der Waals surface area contributed by atoms with Gasteiger partial charge in [0.25, 0.3) is 0 Å². The number of anilines is 1. The van der Waals surface area contributed by atoms with Gasteiger partial charge in [0.1, 0.15) is 11.6 Å². The highest BCUT2D eigenvalue weighted by atomic mass is 19.1. The minimum atomic E-state index is -0.649. The number of hydrogen-bond donors (Lipinski definition) is 1. The summed E-state index contributed by atoms with van der Waals surface area (Å²) < 4.78 is 31.6. The third-order valence-corrected chi connectivity index (χ3v) is 3.16. The molecule has 1 atom stereocenters. The molecule has 0 radical (unpaired) electrons. The first kappa shape index (κ1) is 13.9. The van der Waals surface area contributed by atoms with Gasteiger partial charge >= 0.3 is 0 Å². The average molecular weight is 270 g/mol. The fourth-order valence-electron chi connectivity index (χ4n) is 1.96. The van der Waals surface area contributed by atoms with E-state index in [0.717, 1.165) is 18.2 Å².